The molecule has 17 heavy (non-hydrogen) atoms. The summed E-state index contributed by atoms with van der Waals surface area (Å²) in [6.45, 7) is 5.83. The lowest BCUT2D eigenvalue weighted by molar-refractivity contribution is 0.628. The molecule has 4 heteroatoms. The second-order valence-corrected chi connectivity index (χ2v) is 4.50. The van der Waals surface area contributed by atoms with Crippen LogP contribution in [0.4, 0.5) is 4.39 Å². The molecule has 0 saturated carbocycles. The highest BCUT2D eigenvalue weighted by Crippen LogP contribution is 2.25. The molecule has 1 heterocycles. The van der Waals surface area contributed by atoms with E-state index in [1.807, 2.05) is 23.9 Å². The van der Waals surface area contributed by atoms with Crippen molar-refractivity contribution in [3.63, 3.8) is 0 Å². The predicted octanol–water partition coefficient (Wildman–Crippen LogP) is 3.90. The lowest BCUT2D eigenvalue weighted by Gasteiger charge is -2.02. The Labute approximate surface area is 104 Å². The van der Waals surface area contributed by atoms with Gasteiger partial charge in [0.15, 0.2) is 5.16 Å². The van der Waals surface area contributed by atoms with Gasteiger partial charge in [-0.2, -0.15) is 0 Å². The van der Waals surface area contributed by atoms with Crippen molar-refractivity contribution in [1.82, 2.24) is 9.55 Å². The van der Waals surface area contributed by atoms with Gasteiger partial charge in [0.2, 0.25) is 0 Å². The van der Waals surface area contributed by atoms with Crippen molar-refractivity contribution in [1.29, 1.82) is 0 Å². The van der Waals surface area contributed by atoms with Gasteiger partial charge in [-0.15, -0.1) is 0 Å². The highest BCUT2D eigenvalue weighted by atomic mass is 32.2. The Bertz CT molecular complexity index is 543. The largest absolute Gasteiger partial charge is 0.299 e. The summed E-state index contributed by atoms with van der Waals surface area (Å²) in [4.78, 5) is 4.49. The zero-order valence-corrected chi connectivity index (χ0v) is 10.6. The number of aromatic nitrogens is 2. The van der Waals surface area contributed by atoms with Crippen LogP contribution in [0.25, 0.3) is 17.0 Å². The Morgan fingerprint density at radius 3 is 2.47 bits per heavy atom. The van der Waals surface area contributed by atoms with Crippen molar-refractivity contribution in [3.8, 4) is 11.3 Å². The first-order valence-electron chi connectivity index (χ1n) is 5.17. The second-order valence-electron chi connectivity index (χ2n) is 3.73. The number of allylic oxidation sites excluding steroid dienone is 1. The van der Waals surface area contributed by atoms with E-state index in [4.69, 9.17) is 0 Å². The van der Waals surface area contributed by atoms with Crippen LogP contribution in [0.5, 0.6) is 0 Å². The zero-order valence-electron chi connectivity index (χ0n) is 9.77. The van der Waals surface area contributed by atoms with Gasteiger partial charge in [0.05, 0.1) is 5.69 Å². The van der Waals surface area contributed by atoms with Crippen LogP contribution in [0.15, 0.2) is 42.2 Å². The first kappa shape index (κ1) is 11.9. The van der Waals surface area contributed by atoms with Crippen molar-refractivity contribution in [2.24, 2.45) is 0 Å². The number of imidazole rings is 1. The summed E-state index contributed by atoms with van der Waals surface area (Å²) in [6.07, 6.45) is 3.89. The van der Waals surface area contributed by atoms with Crippen LogP contribution in [0.1, 0.15) is 6.92 Å². The van der Waals surface area contributed by atoms with Gasteiger partial charge in [-0.25, -0.2) is 9.37 Å². The number of thioether (sulfide) groups is 1. The molecule has 0 aliphatic rings. The first-order valence-corrected chi connectivity index (χ1v) is 6.39. The summed E-state index contributed by atoms with van der Waals surface area (Å²) >= 11 is 1.56. The summed E-state index contributed by atoms with van der Waals surface area (Å²) < 4.78 is 14.8. The molecular formula is C13H13FN2S. The molecule has 0 atom stereocenters. The Kier molecular flexibility index (Phi) is 3.33. The topological polar surface area (TPSA) is 17.8 Å². The first-order chi connectivity index (χ1) is 8.11. The van der Waals surface area contributed by atoms with E-state index in [9.17, 15) is 4.39 Å². The molecule has 0 amide bonds. The Morgan fingerprint density at radius 1 is 1.35 bits per heavy atom. The monoisotopic (exact) mass is 248 g/mol. The molecule has 1 aromatic carbocycles. The molecule has 0 bridgehead atoms. The normalized spacial score (nSPS) is 10.5. The Hall–Kier alpha value is -1.55. The fourth-order valence-corrected chi connectivity index (χ4v) is 2.14. The minimum atomic E-state index is -0.238. The van der Waals surface area contributed by atoms with Gasteiger partial charge in [0, 0.05) is 17.5 Å². The van der Waals surface area contributed by atoms with E-state index in [-0.39, 0.29) is 5.82 Å². The van der Waals surface area contributed by atoms with Crippen molar-refractivity contribution in [2.45, 2.75) is 12.1 Å². The maximum absolute atomic E-state index is 12.8. The molecule has 0 fully saturated rings. The maximum atomic E-state index is 12.8. The van der Waals surface area contributed by atoms with Crippen LogP contribution < -0.4 is 0 Å². The van der Waals surface area contributed by atoms with E-state index in [2.05, 4.69) is 11.6 Å². The minimum absolute atomic E-state index is 0.238. The van der Waals surface area contributed by atoms with Gasteiger partial charge in [0.1, 0.15) is 5.82 Å². The van der Waals surface area contributed by atoms with Crippen molar-refractivity contribution in [3.05, 3.63) is 42.9 Å². The van der Waals surface area contributed by atoms with Gasteiger partial charge in [-0.1, -0.05) is 18.3 Å². The van der Waals surface area contributed by atoms with Crippen LogP contribution in [0, 0.1) is 5.82 Å². The van der Waals surface area contributed by atoms with Gasteiger partial charge in [0.25, 0.3) is 0 Å². The molecule has 0 N–H and O–H groups in total. The molecule has 2 aromatic rings. The van der Waals surface area contributed by atoms with Crippen LogP contribution >= 0.6 is 11.8 Å². The number of nitrogens with zero attached hydrogens (tertiary/aromatic N) is 2. The minimum Gasteiger partial charge on any atom is -0.299 e. The molecule has 0 radical (unpaired) electrons. The van der Waals surface area contributed by atoms with Crippen LogP contribution in [-0.4, -0.2) is 15.8 Å². The molecule has 0 aliphatic carbocycles. The number of rotatable bonds is 3. The molecule has 2 nitrogen and oxygen atoms in total. The van der Waals surface area contributed by atoms with E-state index in [0.29, 0.717) is 0 Å². The van der Waals surface area contributed by atoms with Crippen molar-refractivity contribution in [2.75, 3.05) is 6.26 Å². The van der Waals surface area contributed by atoms with Crippen LogP contribution in [0.2, 0.25) is 0 Å². The summed E-state index contributed by atoms with van der Waals surface area (Å²) in [5, 5.41) is 0.886. The van der Waals surface area contributed by atoms with Crippen LogP contribution in [-0.2, 0) is 0 Å². The summed E-state index contributed by atoms with van der Waals surface area (Å²) in [5.74, 6) is -0.238. The third-order valence-electron chi connectivity index (χ3n) is 2.41. The summed E-state index contributed by atoms with van der Waals surface area (Å²) in [7, 11) is 0. The van der Waals surface area contributed by atoms with Crippen LogP contribution in [0.3, 0.4) is 0 Å². The van der Waals surface area contributed by atoms with Crippen molar-refractivity contribution < 1.29 is 4.39 Å². The molecule has 88 valence electrons. The highest BCUT2D eigenvalue weighted by Gasteiger charge is 2.09. The number of hydrogen-bond acceptors (Lipinski definition) is 2. The average Bonchev–Trinajstić information content (AvgIpc) is 2.74. The molecule has 2 rings (SSSR count). The molecule has 0 unspecified atom stereocenters. The third kappa shape index (κ3) is 2.42. The van der Waals surface area contributed by atoms with Gasteiger partial charge < -0.3 is 0 Å². The van der Waals surface area contributed by atoms with Crippen molar-refractivity contribution >= 4 is 17.5 Å². The van der Waals surface area contributed by atoms with E-state index in [0.717, 1.165) is 22.1 Å². The predicted molar refractivity (Wildman–Crippen MR) is 70.4 cm³/mol. The van der Waals surface area contributed by atoms with Gasteiger partial charge in [-0.05, 0) is 37.4 Å². The van der Waals surface area contributed by atoms with E-state index < -0.39 is 0 Å². The second kappa shape index (κ2) is 4.75. The zero-order chi connectivity index (χ0) is 12.4. The van der Waals surface area contributed by atoms with Gasteiger partial charge in [-0.3, -0.25) is 4.57 Å². The number of benzene rings is 1. The summed E-state index contributed by atoms with van der Waals surface area (Å²) in [6, 6.07) is 6.33. The SMILES string of the molecule is C=C(C)n1cc(-c2ccc(F)cc2)nc1SC. The van der Waals surface area contributed by atoms with Gasteiger partial charge >= 0.3 is 0 Å². The molecule has 0 aliphatic heterocycles. The fourth-order valence-electron chi connectivity index (χ4n) is 1.54. The van der Waals surface area contributed by atoms with E-state index >= 15 is 0 Å². The standard InChI is InChI=1S/C13H13FN2S/c1-9(2)16-8-12(15-13(16)17-3)10-4-6-11(14)7-5-10/h4-8H,1H2,2-3H3. The smallest absolute Gasteiger partial charge is 0.172 e. The Morgan fingerprint density at radius 2 is 2.00 bits per heavy atom. The maximum Gasteiger partial charge on any atom is 0.172 e. The highest BCUT2D eigenvalue weighted by molar-refractivity contribution is 7.98. The lowest BCUT2D eigenvalue weighted by Crippen LogP contribution is -1.91. The molecular weight excluding hydrogens is 235 g/mol. The fraction of sp³-hybridized carbons (Fsp3) is 0.154. The Balaban J connectivity index is 2.46. The molecule has 1 aromatic heterocycles. The quantitative estimate of drug-likeness (QED) is 0.767. The lowest BCUT2D eigenvalue weighted by atomic mass is 10.2. The number of halogens is 1. The molecule has 0 saturated heterocycles. The summed E-state index contributed by atoms with van der Waals surface area (Å²) in [5.41, 5.74) is 2.65. The van der Waals surface area contributed by atoms with E-state index in [1.165, 1.54) is 12.1 Å². The molecule has 0 spiro atoms. The average molecular weight is 248 g/mol. The third-order valence-corrected chi connectivity index (χ3v) is 3.06. The number of hydrogen-bond donors (Lipinski definition) is 0. The van der Waals surface area contributed by atoms with E-state index in [1.54, 1.807) is 23.9 Å².